The summed E-state index contributed by atoms with van der Waals surface area (Å²) in [7, 11) is 1.73. The zero-order valence-corrected chi connectivity index (χ0v) is 8.43. The van der Waals surface area contributed by atoms with Crippen LogP contribution in [-0.2, 0) is 13.1 Å². The molecule has 0 saturated carbocycles. The molecule has 1 rings (SSSR count). The number of halogens is 2. The Labute approximate surface area is 82.1 Å². The minimum atomic E-state index is -2.45. The molecular formula is C9H15F2N3. The number of aryl methyl sites for hydroxylation is 1. The van der Waals surface area contributed by atoms with Crippen LogP contribution in [0, 0.1) is 0 Å². The summed E-state index contributed by atoms with van der Waals surface area (Å²) in [4.78, 5) is 0. The Morgan fingerprint density at radius 2 is 2.29 bits per heavy atom. The van der Waals surface area contributed by atoms with E-state index < -0.39 is 6.43 Å². The number of rotatable bonds is 5. The predicted molar refractivity (Wildman–Crippen MR) is 50.2 cm³/mol. The first-order valence-corrected chi connectivity index (χ1v) is 4.68. The van der Waals surface area contributed by atoms with Crippen molar-refractivity contribution in [3.05, 3.63) is 17.5 Å². The molecule has 0 unspecified atom stereocenters. The van der Waals surface area contributed by atoms with Crippen molar-refractivity contribution in [3.8, 4) is 0 Å². The molecule has 0 aliphatic rings. The van der Waals surface area contributed by atoms with Crippen LogP contribution in [0.2, 0.25) is 0 Å². The van der Waals surface area contributed by atoms with Crippen LogP contribution in [0.5, 0.6) is 0 Å². The second-order valence-electron chi connectivity index (χ2n) is 3.11. The summed E-state index contributed by atoms with van der Waals surface area (Å²) in [6, 6.07) is 0. The molecule has 0 atom stereocenters. The lowest BCUT2D eigenvalue weighted by Crippen LogP contribution is -2.10. The first-order valence-electron chi connectivity index (χ1n) is 4.68. The molecule has 1 N–H and O–H groups in total. The van der Waals surface area contributed by atoms with Gasteiger partial charge in [0.05, 0.1) is 6.20 Å². The van der Waals surface area contributed by atoms with Gasteiger partial charge in [0.15, 0.2) is 0 Å². The van der Waals surface area contributed by atoms with Crippen molar-refractivity contribution >= 4 is 0 Å². The average Bonchev–Trinajstić information content (AvgIpc) is 2.49. The Balaban J connectivity index is 2.94. The summed E-state index contributed by atoms with van der Waals surface area (Å²) in [5.74, 6) is 0. The molecule has 0 bridgehead atoms. The van der Waals surface area contributed by atoms with Crippen molar-refractivity contribution in [2.24, 2.45) is 0 Å². The maximum atomic E-state index is 12.7. The molecule has 1 aromatic heterocycles. The normalized spacial score (nSPS) is 11.2. The van der Waals surface area contributed by atoms with E-state index in [1.807, 2.05) is 6.92 Å². The van der Waals surface area contributed by atoms with Crippen LogP contribution in [0.4, 0.5) is 8.78 Å². The summed E-state index contributed by atoms with van der Waals surface area (Å²) < 4.78 is 26.7. The van der Waals surface area contributed by atoms with Crippen LogP contribution < -0.4 is 5.32 Å². The van der Waals surface area contributed by atoms with Gasteiger partial charge in [0, 0.05) is 18.7 Å². The van der Waals surface area contributed by atoms with Gasteiger partial charge in [-0.15, -0.1) is 0 Å². The van der Waals surface area contributed by atoms with Gasteiger partial charge in [-0.05, 0) is 13.5 Å². The zero-order chi connectivity index (χ0) is 10.6. The SMILES string of the molecule is CCCn1ncc(CNC)c1C(F)F. The number of aromatic nitrogens is 2. The first kappa shape index (κ1) is 11.1. The van der Waals surface area contributed by atoms with Crippen molar-refractivity contribution in [1.29, 1.82) is 0 Å². The molecule has 3 nitrogen and oxygen atoms in total. The standard InChI is InChI=1S/C9H15F2N3/c1-3-4-14-8(9(10)11)7(5-12-2)6-13-14/h6,9,12H,3-5H2,1-2H3. The lowest BCUT2D eigenvalue weighted by molar-refractivity contribution is 0.137. The van der Waals surface area contributed by atoms with Crippen LogP contribution in [0.15, 0.2) is 6.20 Å². The van der Waals surface area contributed by atoms with E-state index in [9.17, 15) is 8.78 Å². The Bertz CT molecular complexity index is 260. The fourth-order valence-electron chi connectivity index (χ4n) is 1.40. The second kappa shape index (κ2) is 5.05. The van der Waals surface area contributed by atoms with Gasteiger partial charge >= 0.3 is 0 Å². The molecule has 0 aliphatic heterocycles. The lowest BCUT2D eigenvalue weighted by Gasteiger charge is -2.07. The smallest absolute Gasteiger partial charge is 0.280 e. The van der Waals surface area contributed by atoms with Crippen molar-refractivity contribution in [2.45, 2.75) is 32.9 Å². The third-order valence-corrected chi connectivity index (χ3v) is 1.97. The summed E-state index contributed by atoms with van der Waals surface area (Å²) in [5, 5.41) is 6.79. The maximum Gasteiger partial charge on any atom is 0.280 e. The Morgan fingerprint density at radius 1 is 1.57 bits per heavy atom. The Kier molecular flexibility index (Phi) is 4.00. The highest BCUT2D eigenvalue weighted by molar-refractivity contribution is 5.18. The molecule has 1 aromatic rings. The molecule has 5 heteroatoms. The molecule has 0 spiro atoms. The van der Waals surface area contributed by atoms with Crippen molar-refractivity contribution in [1.82, 2.24) is 15.1 Å². The monoisotopic (exact) mass is 203 g/mol. The van der Waals surface area contributed by atoms with Crippen molar-refractivity contribution < 1.29 is 8.78 Å². The number of hydrogen-bond donors (Lipinski definition) is 1. The van der Waals surface area contributed by atoms with E-state index in [1.165, 1.54) is 10.9 Å². The minimum Gasteiger partial charge on any atom is -0.316 e. The van der Waals surface area contributed by atoms with Crippen LogP contribution >= 0.6 is 0 Å². The van der Waals surface area contributed by atoms with Crippen molar-refractivity contribution in [2.75, 3.05) is 7.05 Å². The quantitative estimate of drug-likeness (QED) is 0.792. The van der Waals surface area contributed by atoms with Gasteiger partial charge in [-0.1, -0.05) is 6.92 Å². The average molecular weight is 203 g/mol. The fraction of sp³-hybridized carbons (Fsp3) is 0.667. The van der Waals surface area contributed by atoms with E-state index in [-0.39, 0.29) is 5.69 Å². The van der Waals surface area contributed by atoms with Crippen LogP contribution in [0.1, 0.15) is 31.0 Å². The molecule has 80 valence electrons. The van der Waals surface area contributed by atoms with E-state index in [0.29, 0.717) is 18.7 Å². The third-order valence-electron chi connectivity index (χ3n) is 1.97. The predicted octanol–water partition coefficient (Wildman–Crippen LogP) is 1.95. The van der Waals surface area contributed by atoms with Crippen LogP contribution in [0.3, 0.4) is 0 Å². The zero-order valence-electron chi connectivity index (χ0n) is 8.43. The molecule has 1 heterocycles. The highest BCUT2D eigenvalue weighted by Crippen LogP contribution is 2.22. The van der Waals surface area contributed by atoms with Crippen LogP contribution in [0.25, 0.3) is 0 Å². The molecule has 14 heavy (non-hydrogen) atoms. The highest BCUT2D eigenvalue weighted by Gasteiger charge is 2.18. The fourth-order valence-corrected chi connectivity index (χ4v) is 1.40. The van der Waals surface area contributed by atoms with E-state index in [1.54, 1.807) is 7.05 Å². The summed E-state index contributed by atoms with van der Waals surface area (Å²) >= 11 is 0. The van der Waals surface area contributed by atoms with Gasteiger partial charge in [-0.25, -0.2) is 8.78 Å². The third kappa shape index (κ3) is 2.29. The second-order valence-corrected chi connectivity index (χ2v) is 3.11. The van der Waals surface area contributed by atoms with Gasteiger partial charge < -0.3 is 5.32 Å². The molecular weight excluding hydrogens is 188 g/mol. The maximum absolute atomic E-state index is 12.7. The molecule has 0 aromatic carbocycles. The molecule has 0 fully saturated rings. The van der Waals surface area contributed by atoms with Gasteiger partial charge in [-0.2, -0.15) is 5.10 Å². The summed E-state index contributed by atoms with van der Waals surface area (Å²) in [6.45, 7) is 2.92. The molecule has 0 amide bonds. The van der Waals surface area contributed by atoms with Crippen molar-refractivity contribution in [3.63, 3.8) is 0 Å². The van der Waals surface area contributed by atoms with Gasteiger partial charge in [-0.3, -0.25) is 4.68 Å². The Morgan fingerprint density at radius 3 is 2.79 bits per heavy atom. The highest BCUT2D eigenvalue weighted by atomic mass is 19.3. The van der Waals surface area contributed by atoms with E-state index in [4.69, 9.17) is 0 Å². The van der Waals surface area contributed by atoms with Gasteiger partial charge in [0.1, 0.15) is 5.69 Å². The number of hydrogen-bond acceptors (Lipinski definition) is 2. The van der Waals surface area contributed by atoms with Gasteiger partial charge in [0.2, 0.25) is 0 Å². The largest absolute Gasteiger partial charge is 0.316 e. The number of alkyl halides is 2. The molecule has 0 saturated heterocycles. The molecule has 0 aliphatic carbocycles. The topological polar surface area (TPSA) is 29.9 Å². The van der Waals surface area contributed by atoms with E-state index in [0.717, 1.165) is 6.42 Å². The van der Waals surface area contributed by atoms with E-state index in [2.05, 4.69) is 10.4 Å². The minimum absolute atomic E-state index is 0.0428. The van der Waals surface area contributed by atoms with E-state index >= 15 is 0 Å². The lowest BCUT2D eigenvalue weighted by atomic mass is 10.2. The van der Waals surface area contributed by atoms with Gasteiger partial charge in [0.25, 0.3) is 6.43 Å². The number of nitrogens with zero attached hydrogens (tertiary/aromatic N) is 2. The summed E-state index contributed by atoms with van der Waals surface area (Å²) in [5.41, 5.74) is 0.622. The number of nitrogens with one attached hydrogen (secondary N) is 1. The Hall–Kier alpha value is -0.970. The molecule has 0 radical (unpaired) electrons. The van der Waals surface area contributed by atoms with Crippen LogP contribution in [-0.4, -0.2) is 16.8 Å². The summed E-state index contributed by atoms with van der Waals surface area (Å²) in [6.07, 6.45) is -0.138. The first-order chi connectivity index (χ1) is 6.70.